The maximum Gasteiger partial charge on any atom is 0.0745 e. The van der Waals surface area contributed by atoms with Gasteiger partial charge in [-0.3, -0.25) is 0 Å². The second-order valence-electron chi connectivity index (χ2n) is 2.69. The molecule has 58 valence electrons. The molecule has 0 radical (unpaired) electrons. The van der Waals surface area contributed by atoms with Crippen LogP contribution in [0.2, 0.25) is 0 Å². The third kappa shape index (κ3) is 0.994. The highest BCUT2D eigenvalue weighted by molar-refractivity contribution is 5.54. The van der Waals surface area contributed by atoms with Crippen molar-refractivity contribution in [3.63, 3.8) is 0 Å². The largest absolute Gasteiger partial charge is 0.388 e. The average Bonchev–Trinajstić information content (AvgIpc) is 2.50. The molecule has 0 unspecified atom stereocenters. The van der Waals surface area contributed by atoms with E-state index in [1.165, 1.54) is 16.8 Å². The Bertz CT molecular complexity index is 270. The van der Waals surface area contributed by atoms with Crippen molar-refractivity contribution in [2.75, 3.05) is 12.4 Å². The molecule has 1 aromatic rings. The fraction of sp³-hybridized carbons (Fsp3) is 0.333. The molecule has 0 saturated carbocycles. The van der Waals surface area contributed by atoms with Crippen LogP contribution in [0.15, 0.2) is 18.2 Å². The average molecular weight is 149 g/mol. The van der Waals surface area contributed by atoms with Crippen LogP contribution in [-0.2, 0) is 18.0 Å². The third-order valence-electron chi connectivity index (χ3n) is 2.05. The molecule has 0 aliphatic carbocycles. The van der Waals surface area contributed by atoms with E-state index in [-0.39, 0.29) is 0 Å². The Morgan fingerprint density at radius 1 is 1.36 bits per heavy atom. The van der Waals surface area contributed by atoms with Crippen molar-refractivity contribution in [1.82, 2.24) is 0 Å². The zero-order chi connectivity index (χ0) is 7.68. The van der Waals surface area contributed by atoms with E-state index in [4.69, 9.17) is 4.74 Å². The summed E-state index contributed by atoms with van der Waals surface area (Å²) in [7, 11) is 1.94. The molecule has 2 rings (SSSR count). The van der Waals surface area contributed by atoms with Crippen LogP contribution in [0.1, 0.15) is 11.1 Å². The molecule has 0 amide bonds. The highest BCUT2D eigenvalue weighted by Gasteiger charge is 2.13. The minimum absolute atomic E-state index is 0.756. The molecule has 1 aromatic carbocycles. The highest BCUT2D eigenvalue weighted by Crippen LogP contribution is 2.26. The zero-order valence-corrected chi connectivity index (χ0v) is 6.55. The van der Waals surface area contributed by atoms with Gasteiger partial charge in [0.1, 0.15) is 0 Å². The first kappa shape index (κ1) is 6.68. The molecule has 0 saturated heterocycles. The van der Waals surface area contributed by atoms with Crippen molar-refractivity contribution in [2.24, 2.45) is 0 Å². The monoisotopic (exact) mass is 149 g/mol. The zero-order valence-electron chi connectivity index (χ0n) is 6.55. The van der Waals surface area contributed by atoms with Crippen molar-refractivity contribution < 1.29 is 4.74 Å². The SMILES string of the molecule is CNc1cccc2c1COC2. The normalized spacial score (nSPS) is 14.6. The van der Waals surface area contributed by atoms with Crippen LogP contribution in [0, 0.1) is 0 Å². The second kappa shape index (κ2) is 2.55. The number of fused-ring (bicyclic) bond motifs is 1. The van der Waals surface area contributed by atoms with Crippen molar-refractivity contribution >= 4 is 5.69 Å². The van der Waals surface area contributed by atoms with Crippen molar-refractivity contribution in [3.8, 4) is 0 Å². The number of rotatable bonds is 1. The van der Waals surface area contributed by atoms with E-state index in [9.17, 15) is 0 Å². The first-order chi connectivity index (χ1) is 5.42. The second-order valence-corrected chi connectivity index (χ2v) is 2.69. The van der Waals surface area contributed by atoms with Gasteiger partial charge in [0.25, 0.3) is 0 Å². The van der Waals surface area contributed by atoms with Gasteiger partial charge in [-0.15, -0.1) is 0 Å². The molecule has 2 heteroatoms. The predicted octanol–water partition coefficient (Wildman–Crippen LogP) is 1.76. The van der Waals surface area contributed by atoms with E-state index in [1.807, 2.05) is 7.05 Å². The van der Waals surface area contributed by atoms with Crippen molar-refractivity contribution in [1.29, 1.82) is 0 Å². The Labute approximate surface area is 66.2 Å². The Hall–Kier alpha value is -1.02. The summed E-state index contributed by atoms with van der Waals surface area (Å²) in [6.07, 6.45) is 0. The smallest absolute Gasteiger partial charge is 0.0745 e. The molecule has 0 spiro atoms. The Morgan fingerprint density at radius 2 is 2.27 bits per heavy atom. The van der Waals surface area contributed by atoms with Gasteiger partial charge >= 0.3 is 0 Å². The Kier molecular flexibility index (Phi) is 1.55. The summed E-state index contributed by atoms with van der Waals surface area (Å²) in [4.78, 5) is 0. The van der Waals surface area contributed by atoms with E-state index in [1.54, 1.807) is 0 Å². The summed E-state index contributed by atoms with van der Waals surface area (Å²) in [6.45, 7) is 1.52. The first-order valence-corrected chi connectivity index (χ1v) is 3.78. The van der Waals surface area contributed by atoms with Gasteiger partial charge in [-0.25, -0.2) is 0 Å². The molecule has 0 aromatic heterocycles. The molecular weight excluding hydrogens is 138 g/mol. The third-order valence-corrected chi connectivity index (χ3v) is 2.05. The molecule has 1 aliphatic rings. The van der Waals surface area contributed by atoms with Crippen LogP contribution < -0.4 is 5.32 Å². The summed E-state index contributed by atoms with van der Waals surface area (Å²) in [6, 6.07) is 6.25. The number of hydrogen-bond donors (Lipinski definition) is 1. The van der Waals surface area contributed by atoms with Crippen LogP contribution in [-0.4, -0.2) is 7.05 Å². The van der Waals surface area contributed by atoms with E-state index in [0.717, 1.165) is 13.2 Å². The summed E-state index contributed by atoms with van der Waals surface area (Å²) in [5, 5.41) is 3.15. The lowest BCUT2D eigenvalue weighted by Crippen LogP contribution is -1.93. The molecule has 0 fully saturated rings. The molecular formula is C9H11NO. The van der Waals surface area contributed by atoms with Crippen LogP contribution in [0.5, 0.6) is 0 Å². The predicted molar refractivity (Wildman–Crippen MR) is 44.5 cm³/mol. The molecule has 2 nitrogen and oxygen atoms in total. The van der Waals surface area contributed by atoms with Gasteiger partial charge in [0.05, 0.1) is 13.2 Å². The minimum atomic E-state index is 0.756. The van der Waals surface area contributed by atoms with Crippen molar-refractivity contribution in [2.45, 2.75) is 13.2 Å². The lowest BCUT2D eigenvalue weighted by Gasteiger charge is -2.04. The fourth-order valence-corrected chi connectivity index (χ4v) is 1.44. The summed E-state index contributed by atoms with van der Waals surface area (Å²) < 4.78 is 5.32. The maximum absolute atomic E-state index is 5.32. The highest BCUT2D eigenvalue weighted by atomic mass is 16.5. The van der Waals surface area contributed by atoms with Crippen LogP contribution in [0.25, 0.3) is 0 Å². The number of hydrogen-bond acceptors (Lipinski definition) is 2. The molecule has 0 atom stereocenters. The number of benzene rings is 1. The van der Waals surface area contributed by atoms with E-state index < -0.39 is 0 Å². The standard InChI is InChI=1S/C9H11NO/c1-10-9-4-2-3-7-5-11-6-8(7)9/h2-4,10H,5-6H2,1H3. The number of nitrogens with one attached hydrogen (secondary N) is 1. The van der Waals surface area contributed by atoms with Gasteiger partial charge in [-0.05, 0) is 11.6 Å². The molecule has 11 heavy (non-hydrogen) atoms. The van der Waals surface area contributed by atoms with Gasteiger partial charge in [0.15, 0.2) is 0 Å². The van der Waals surface area contributed by atoms with E-state index >= 15 is 0 Å². The Balaban J connectivity index is 2.50. The van der Waals surface area contributed by atoms with Gasteiger partial charge in [0, 0.05) is 18.3 Å². The molecule has 1 N–H and O–H groups in total. The maximum atomic E-state index is 5.32. The first-order valence-electron chi connectivity index (χ1n) is 3.78. The number of anilines is 1. The quantitative estimate of drug-likeness (QED) is 0.657. The summed E-state index contributed by atoms with van der Waals surface area (Å²) in [5.41, 5.74) is 3.83. The van der Waals surface area contributed by atoms with Crippen molar-refractivity contribution in [3.05, 3.63) is 29.3 Å². The molecule has 1 heterocycles. The summed E-state index contributed by atoms with van der Waals surface area (Å²) >= 11 is 0. The number of ether oxygens (including phenoxy) is 1. The molecule has 0 bridgehead atoms. The van der Waals surface area contributed by atoms with Crippen LogP contribution in [0.3, 0.4) is 0 Å². The van der Waals surface area contributed by atoms with E-state index in [0.29, 0.717) is 0 Å². The lowest BCUT2D eigenvalue weighted by atomic mass is 10.1. The van der Waals surface area contributed by atoms with Gasteiger partial charge in [0.2, 0.25) is 0 Å². The van der Waals surface area contributed by atoms with Gasteiger partial charge < -0.3 is 10.1 Å². The topological polar surface area (TPSA) is 21.3 Å². The fourth-order valence-electron chi connectivity index (χ4n) is 1.44. The van der Waals surface area contributed by atoms with Crippen LogP contribution >= 0.6 is 0 Å². The van der Waals surface area contributed by atoms with Crippen LogP contribution in [0.4, 0.5) is 5.69 Å². The van der Waals surface area contributed by atoms with Gasteiger partial charge in [-0.2, -0.15) is 0 Å². The summed E-state index contributed by atoms with van der Waals surface area (Å²) in [5.74, 6) is 0. The Morgan fingerprint density at radius 3 is 3.09 bits per heavy atom. The lowest BCUT2D eigenvalue weighted by molar-refractivity contribution is 0.134. The van der Waals surface area contributed by atoms with E-state index in [2.05, 4.69) is 23.5 Å². The molecule has 1 aliphatic heterocycles. The van der Waals surface area contributed by atoms with Gasteiger partial charge in [-0.1, -0.05) is 12.1 Å². The minimum Gasteiger partial charge on any atom is -0.388 e.